The fraction of sp³-hybridized carbons (Fsp3) is 0.294. The number of nitrogens with zero attached hydrogens (tertiary/aromatic N) is 1. The molecule has 1 amide bonds. The summed E-state index contributed by atoms with van der Waals surface area (Å²) >= 11 is 0. The van der Waals surface area contributed by atoms with Crippen molar-refractivity contribution in [3.8, 4) is 11.1 Å². The van der Waals surface area contributed by atoms with Crippen molar-refractivity contribution in [2.75, 3.05) is 27.2 Å². The van der Waals surface area contributed by atoms with Gasteiger partial charge in [0, 0.05) is 24.3 Å². The van der Waals surface area contributed by atoms with Crippen molar-refractivity contribution < 1.29 is 9.59 Å². The Morgan fingerprint density at radius 2 is 1.95 bits per heavy atom. The number of benzene rings is 1. The molecule has 2 aromatic rings. The van der Waals surface area contributed by atoms with Gasteiger partial charge in [-0.2, -0.15) is 0 Å². The lowest BCUT2D eigenvalue weighted by Crippen LogP contribution is -2.31. The average Bonchev–Trinajstić information content (AvgIpc) is 2.84. The second-order valence-corrected chi connectivity index (χ2v) is 5.46. The number of hydrogen-bond acceptors (Lipinski definition) is 3. The third kappa shape index (κ3) is 3.43. The number of rotatable bonds is 6. The quantitative estimate of drug-likeness (QED) is 0.803. The molecule has 2 rings (SSSR count). The molecule has 0 saturated carbocycles. The number of amides is 1. The van der Waals surface area contributed by atoms with Gasteiger partial charge in [0.2, 0.25) is 0 Å². The van der Waals surface area contributed by atoms with Gasteiger partial charge in [-0.3, -0.25) is 9.59 Å². The minimum Gasteiger partial charge on any atom is -0.355 e. The zero-order valence-electron chi connectivity index (χ0n) is 13.1. The summed E-state index contributed by atoms with van der Waals surface area (Å²) in [6.45, 7) is 3.12. The van der Waals surface area contributed by atoms with Gasteiger partial charge in [-0.05, 0) is 26.6 Å². The van der Waals surface area contributed by atoms with Gasteiger partial charge >= 0.3 is 0 Å². The van der Waals surface area contributed by atoms with E-state index >= 15 is 0 Å². The predicted octanol–water partition coefficient (Wildman–Crippen LogP) is 2.09. The average molecular weight is 299 g/mol. The molecule has 0 atom stereocenters. The topological polar surface area (TPSA) is 65.2 Å². The highest BCUT2D eigenvalue weighted by atomic mass is 16.1. The summed E-state index contributed by atoms with van der Waals surface area (Å²) in [5.74, 6) is -0.164. The molecule has 1 heterocycles. The van der Waals surface area contributed by atoms with Gasteiger partial charge in [0.05, 0.1) is 11.3 Å². The normalized spacial score (nSPS) is 10.7. The minimum absolute atomic E-state index is 0.164. The maximum atomic E-state index is 12.5. The highest BCUT2D eigenvalue weighted by Gasteiger charge is 2.21. The van der Waals surface area contributed by atoms with Gasteiger partial charge in [-0.15, -0.1) is 0 Å². The summed E-state index contributed by atoms with van der Waals surface area (Å²) in [6, 6.07) is 9.47. The van der Waals surface area contributed by atoms with Crippen molar-refractivity contribution in [3.05, 3.63) is 47.3 Å². The molecule has 1 aromatic heterocycles. The van der Waals surface area contributed by atoms with Gasteiger partial charge in [-0.25, -0.2) is 0 Å². The van der Waals surface area contributed by atoms with Crippen molar-refractivity contribution in [2.45, 2.75) is 6.92 Å². The first-order chi connectivity index (χ1) is 10.5. The molecule has 0 bridgehead atoms. The third-order valence-electron chi connectivity index (χ3n) is 3.47. The van der Waals surface area contributed by atoms with Crippen LogP contribution in [-0.2, 0) is 0 Å². The maximum Gasteiger partial charge on any atom is 0.253 e. The minimum atomic E-state index is -0.164. The highest BCUT2D eigenvalue weighted by Crippen LogP contribution is 2.29. The van der Waals surface area contributed by atoms with Gasteiger partial charge in [0.25, 0.3) is 5.91 Å². The van der Waals surface area contributed by atoms with Crippen LogP contribution in [0.3, 0.4) is 0 Å². The van der Waals surface area contributed by atoms with Crippen LogP contribution < -0.4 is 5.32 Å². The summed E-state index contributed by atoms with van der Waals surface area (Å²) in [6.07, 6.45) is 0.756. The van der Waals surface area contributed by atoms with E-state index in [1.807, 2.05) is 49.3 Å². The highest BCUT2D eigenvalue weighted by molar-refractivity contribution is 6.06. The van der Waals surface area contributed by atoms with E-state index < -0.39 is 0 Å². The molecule has 1 aromatic carbocycles. The fourth-order valence-electron chi connectivity index (χ4n) is 2.41. The SMILES string of the molecule is Cc1[nH]c(C=O)c(-c2ccccc2)c1C(=O)NCCN(C)C. The number of carbonyl (C=O) groups excluding carboxylic acids is 2. The Labute approximate surface area is 130 Å². The van der Waals surface area contributed by atoms with E-state index in [1.54, 1.807) is 6.92 Å². The van der Waals surface area contributed by atoms with Gasteiger partial charge in [0.1, 0.15) is 0 Å². The van der Waals surface area contributed by atoms with Crippen LogP contribution in [0.2, 0.25) is 0 Å². The number of hydrogen-bond donors (Lipinski definition) is 2. The van der Waals surface area contributed by atoms with E-state index in [4.69, 9.17) is 0 Å². The molecule has 0 aliphatic carbocycles. The molecule has 116 valence electrons. The zero-order chi connectivity index (χ0) is 16.1. The van der Waals surface area contributed by atoms with E-state index in [1.165, 1.54) is 0 Å². The van der Waals surface area contributed by atoms with E-state index in [9.17, 15) is 9.59 Å². The monoisotopic (exact) mass is 299 g/mol. The number of carbonyl (C=O) groups is 2. The molecular weight excluding hydrogens is 278 g/mol. The van der Waals surface area contributed by atoms with Crippen molar-refractivity contribution in [1.29, 1.82) is 0 Å². The van der Waals surface area contributed by atoms with Crippen molar-refractivity contribution in [3.63, 3.8) is 0 Å². The Kier molecular flexibility index (Phi) is 5.12. The molecule has 0 fully saturated rings. The van der Waals surface area contributed by atoms with Crippen molar-refractivity contribution in [2.24, 2.45) is 0 Å². The molecule has 0 aliphatic heterocycles. The number of likely N-dealkylation sites (N-methyl/N-ethyl adjacent to an activating group) is 1. The summed E-state index contributed by atoms with van der Waals surface area (Å²) in [4.78, 5) is 28.8. The van der Waals surface area contributed by atoms with Crippen LogP contribution in [0.4, 0.5) is 0 Å². The smallest absolute Gasteiger partial charge is 0.253 e. The summed E-state index contributed by atoms with van der Waals surface area (Å²) in [7, 11) is 3.90. The number of aromatic amines is 1. The predicted molar refractivity (Wildman–Crippen MR) is 87.2 cm³/mol. The summed E-state index contributed by atoms with van der Waals surface area (Å²) in [5.41, 5.74) is 3.18. The van der Waals surface area contributed by atoms with E-state index in [-0.39, 0.29) is 5.91 Å². The lowest BCUT2D eigenvalue weighted by Gasteiger charge is -2.11. The number of aldehydes is 1. The van der Waals surface area contributed by atoms with Crippen LogP contribution in [-0.4, -0.2) is 49.3 Å². The van der Waals surface area contributed by atoms with Crippen molar-refractivity contribution in [1.82, 2.24) is 15.2 Å². The van der Waals surface area contributed by atoms with E-state index in [0.717, 1.165) is 18.4 Å². The van der Waals surface area contributed by atoms with Crippen LogP contribution in [0.15, 0.2) is 30.3 Å². The van der Waals surface area contributed by atoms with Gasteiger partial charge in [-0.1, -0.05) is 30.3 Å². The van der Waals surface area contributed by atoms with Gasteiger partial charge in [0.15, 0.2) is 6.29 Å². The molecule has 0 unspecified atom stereocenters. The Hall–Kier alpha value is -2.40. The largest absolute Gasteiger partial charge is 0.355 e. The van der Waals surface area contributed by atoms with Crippen LogP contribution >= 0.6 is 0 Å². The third-order valence-corrected chi connectivity index (χ3v) is 3.47. The Morgan fingerprint density at radius 3 is 2.55 bits per heavy atom. The van der Waals surface area contributed by atoms with Crippen molar-refractivity contribution >= 4 is 12.2 Å². The first kappa shape index (κ1) is 16.0. The standard InChI is InChI=1S/C17H21N3O2/c1-12-15(17(22)18-9-10-20(2)3)16(14(11-21)19-12)13-7-5-4-6-8-13/h4-8,11,19H,9-10H2,1-3H3,(H,18,22). The number of H-pyrrole nitrogens is 1. The summed E-state index contributed by atoms with van der Waals surface area (Å²) in [5, 5.41) is 2.90. The Balaban J connectivity index is 2.37. The molecule has 22 heavy (non-hydrogen) atoms. The molecule has 0 spiro atoms. The zero-order valence-corrected chi connectivity index (χ0v) is 13.1. The van der Waals surface area contributed by atoms with Crippen LogP contribution in [0.25, 0.3) is 11.1 Å². The number of aryl methyl sites for hydroxylation is 1. The lowest BCUT2D eigenvalue weighted by molar-refractivity contribution is 0.0951. The number of nitrogens with one attached hydrogen (secondary N) is 2. The molecule has 0 radical (unpaired) electrons. The lowest BCUT2D eigenvalue weighted by atomic mass is 10.00. The van der Waals surface area contributed by atoms with E-state index in [2.05, 4.69) is 10.3 Å². The molecule has 0 saturated heterocycles. The van der Waals surface area contributed by atoms with Crippen LogP contribution in [0.5, 0.6) is 0 Å². The van der Waals surface area contributed by atoms with Crippen LogP contribution in [0, 0.1) is 6.92 Å². The number of aromatic nitrogens is 1. The second kappa shape index (κ2) is 7.04. The molecule has 0 aliphatic rings. The first-order valence-electron chi connectivity index (χ1n) is 7.20. The van der Waals surface area contributed by atoms with Gasteiger partial charge < -0.3 is 15.2 Å². The second-order valence-electron chi connectivity index (χ2n) is 5.46. The first-order valence-corrected chi connectivity index (χ1v) is 7.20. The molecule has 5 nitrogen and oxygen atoms in total. The molecular formula is C17H21N3O2. The molecule has 5 heteroatoms. The van der Waals surface area contributed by atoms with E-state index in [0.29, 0.717) is 29.1 Å². The Morgan fingerprint density at radius 1 is 1.27 bits per heavy atom. The fourth-order valence-corrected chi connectivity index (χ4v) is 2.41. The maximum absolute atomic E-state index is 12.5. The Bertz CT molecular complexity index is 660. The van der Waals surface area contributed by atoms with Crippen LogP contribution in [0.1, 0.15) is 26.5 Å². The summed E-state index contributed by atoms with van der Waals surface area (Å²) < 4.78 is 0. The molecule has 2 N–H and O–H groups in total.